The van der Waals surface area contributed by atoms with Crippen LogP contribution in [0.5, 0.6) is 0 Å². The van der Waals surface area contributed by atoms with E-state index in [2.05, 4.69) is 20.9 Å². The smallest absolute Gasteiger partial charge is 0.315 e. The normalized spacial score (nSPS) is 11.4. The first-order valence-corrected chi connectivity index (χ1v) is 7.58. The topological polar surface area (TPSA) is 83.1 Å². The molecule has 1 aromatic carbocycles. The molecule has 0 bridgehead atoms. The zero-order valence-electron chi connectivity index (χ0n) is 13.3. The molecular formula is C17H19FN4O2. The Balaban J connectivity index is 1.79. The molecule has 3 N–H and O–H groups in total. The Morgan fingerprint density at radius 2 is 1.79 bits per heavy atom. The Morgan fingerprint density at radius 1 is 1.12 bits per heavy atom. The van der Waals surface area contributed by atoms with Gasteiger partial charge in [0.1, 0.15) is 5.82 Å². The van der Waals surface area contributed by atoms with Gasteiger partial charge in [0.05, 0.1) is 12.6 Å². The number of halogens is 1. The van der Waals surface area contributed by atoms with Gasteiger partial charge in [0, 0.05) is 18.1 Å². The highest BCUT2D eigenvalue weighted by Crippen LogP contribution is 2.14. The number of hydrogen-bond donors (Lipinski definition) is 3. The van der Waals surface area contributed by atoms with Crippen LogP contribution in [-0.2, 0) is 4.79 Å². The number of anilines is 1. The van der Waals surface area contributed by atoms with E-state index in [1.54, 1.807) is 12.4 Å². The third-order valence-electron chi connectivity index (χ3n) is 3.36. The highest BCUT2D eigenvalue weighted by Gasteiger charge is 2.13. The molecule has 7 heteroatoms. The van der Waals surface area contributed by atoms with E-state index in [1.165, 1.54) is 24.3 Å². The van der Waals surface area contributed by atoms with Crippen LogP contribution in [0.1, 0.15) is 24.9 Å². The molecule has 0 unspecified atom stereocenters. The molecule has 1 aromatic heterocycles. The van der Waals surface area contributed by atoms with Crippen LogP contribution in [0.15, 0.2) is 48.8 Å². The number of aromatic nitrogens is 1. The van der Waals surface area contributed by atoms with Crippen molar-refractivity contribution in [2.24, 2.45) is 0 Å². The fourth-order valence-electron chi connectivity index (χ4n) is 2.13. The third kappa shape index (κ3) is 5.35. The van der Waals surface area contributed by atoms with Gasteiger partial charge in [0.25, 0.3) is 0 Å². The van der Waals surface area contributed by atoms with Crippen LogP contribution in [0.25, 0.3) is 0 Å². The van der Waals surface area contributed by atoms with Crippen LogP contribution in [-0.4, -0.2) is 23.5 Å². The zero-order chi connectivity index (χ0) is 17.4. The second-order valence-electron chi connectivity index (χ2n) is 5.12. The number of hydrogen-bond acceptors (Lipinski definition) is 3. The van der Waals surface area contributed by atoms with Crippen LogP contribution in [0.4, 0.5) is 14.9 Å². The molecule has 6 nitrogen and oxygen atoms in total. The highest BCUT2D eigenvalue weighted by molar-refractivity contribution is 5.94. The molecule has 126 valence electrons. The van der Waals surface area contributed by atoms with E-state index in [4.69, 9.17) is 0 Å². The van der Waals surface area contributed by atoms with E-state index in [0.717, 1.165) is 5.56 Å². The van der Waals surface area contributed by atoms with E-state index in [-0.39, 0.29) is 18.4 Å². The second kappa shape index (κ2) is 8.61. The predicted molar refractivity (Wildman–Crippen MR) is 88.8 cm³/mol. The van der Waals surface area contributed by atoms with Crippen molar-refractivity contribution in [2.75, 3.05) is 11.9 Å². The van der Waals surface area contributed by atoms with Gasteiger partial charge in [0.15, 0.2) is 0 Å². The lowest BCUT2D eigenvalue weighted by molar-refractivity contribution is -0.115. The number of nitrogens with one attached hydrogen (secondary N) is 3. The Morgan fingerprint density at radius 3 is 2.42 bits per heavy atom. The molecule has 0 radical (unpaired) electrons. The van der Waals surface area contributed by atoms with Crippen LogP contribution in [0.2, 0.25) is 0 Å². The van der Waals surface area contributed by atoms with Crippen LogP contribution >= 0.6 is 0 Å². The maximum absolute atomic E-state index is 12.8. The van der Waals surface area contributed by atoms with Gasteiger partial charge in [-0.2, -0.15) is 0 Å². The van der Waals surface area contributed by atoms with Crippen molar-refractivity contribution in [2.45, 2.75) is 19.4 Å². The van der Waals surface area contributed by atoms with E-state index in [9.17, 15) is 14.0 Å². The molecule has 2 rings (SSSR count). The van der Waals surface area contributed by atoms with E-state index >= 15 is 0 Å². The summed E-state index contributed by atoms with van der Waals surface area (Å²) in [6.45, 7) is 1.77. The number of carbonyl (C=O) groups is 2. The van der Waals surface area contributed by atoms with E-state index < -0.39 is 11.9 Å². The molecule has 0 saturated carbocycles. The maximum Gasteiger partial charge on any atom is 0.315 e. The number of rotatable bonds is 6. The molecule has 24 heavy (non-hydrogen) atoms. The Labute approximate surface area is 139 Å². The van der Waals surface area contributed by atoms with Gasteiger partial charge in [0.2, 0.25) is 5.91 Å². The lowest BCUT2D eigenvalue weighted by atomic mass is 10.1. The first kappa shape index (κ1) is 17.4. The fourth-order valence-corrected chi connectivity index (χ4v) is 2.13. The summed E-state index contributed by atoms with van der Waals surface area (Å²) >= 11 is 0. The summed E-state index contributed by atoms with van der Waals surface area (Å²) in [5.41, 5.74) is 1.41. The molecule has 3 amide bonds. The van der Waals surface area contributed by atoms with Crippen LogP contribution in [0, 0.1) is 5.82 Å². The van der Waals surface area contributed by atoms with Gasteiger partial charge in [-0.15, -0.1) is 0 Å². The van der Waals surface area contributed by atoms with Crippen molar-refractivity contribution < 1.29 is 14.0 Å². The fraction of sp³-hybridized carbons (Fsp3) is 0.235. The Bertz CT molecular complexity index is 677. The number of urea groups is 1. The lowest BCUT2D eigenvalue weighted by Crippen LogP contribution is -2.41. The molecule has 0 fully saturated rings. The van der Waals surface area contributed by atoms with Crippen molar-refractivity contribution in [3.8, 4) is 0 Å². The molecule has 0 saturated heterocycles. The predicted octanol–water partition coefficient (Wildman–Crippen LogP) is 2.61. The van der Waals surface area contributed by atoms with Crippen molar-refractivity contribution in [1.82, 2.24) is 15.6 Å². The molecule has 0 aliphatic heterocycles. The molecular weight excluding hydrogens is 311 g/mol. The van der Waals surface area contributed by atoms with Gasteiger partial charge in [-0.1, -0.05) is 6.92 Å². The summed E-state index contributed by atoms with van der Waals surface area (Å²) < 4.78 is 12.8. The molecule has 1 atom stereocenters. The van der Waals surface area contributed by atoms with E-state index in [1.807, 2.05) is 19.1 Å². The van der Waals surface area contributed by atoms with Gasteiger partial charge >= 0.3 is 6.03 Å². The van der Waals surface area contributed by atoms with Crippen molar-refractivity contribution in [3.05, 3.63) is 60.2 Å². The second-order valence-corrected chi connectivity index (χ2v) is 5.12. The van der Waals surface area contributed by atoms with Gasteiger partial charge in [-0.05, 0) is 48.4 Å². The number of pyridine rings is 1. The standard InChI is InChI=1S/C17H19FN4O2/c1-2-15(12-7-9-19-10-8-12)22-17(24)20-11-16(23)21-14-5-3-13(18)4-6-14/h3-10,15H,2,11H2,1H3,(H,21,23)(H2,20,22,24)/t15-/m0/s1. The number of benzene rings is 1. The highest BCUT2D eigenvalue weighted by atomic mass is 19.1. The summed E-state index contributed by atoms with van der Waals surface area (Å²) in [6, 6.07) is 8.45. The maximum atomic E-state index is 12.8. The number of nitrogens with zero attached hydrogens (tertiary/aromatic N) is 1. The number of carbonyl (C=O) groups excluding carboxylic acids is 2. The minimum atomic E-state index is -0.437. The average molecular weight is 330 g/mol. The monoisotopic (exact) mass is 330 g/mol. The molecule has 0 aliphatic rings. The molecule has 2 aromatic rings. The van der Waals surface area contributed by atoms with Gasteiger partial charge in [-0.3, -0.25) is 9.78 Å². The average Bonchev–Trinajstić information content (AvgIpc) is 2.60. The van der Waals surface area contributed by atoms with Gasteiger partial charge < -0.3 is 16.0 Å². The largest absolute Gasteiger partial charge is 0.331 e. The summed E-state index contributed by atoms with van der Waals surface area (Å²) in [5.74, 6) is -0.777. The first-order valence-electron chi connectivity index (χ1n) is 7.58. The van der Waals surface area contributed by atoms with Crippen molar-refractivity contribution >= 4 is 17.6 Å². The minimum absolute atomic E-state index is 0.159. The minimum Gasteiger partial charge on any atom is -0.331 e. The first-order chi connectivity index (χ1) is 11.6. The van der Waals surface area contributed by atoms with Crippen LogP contribution < -0.4 is 16.0 Å². The molecule has 0 spiro atoms. The molecule has 0 aliphatic carbocycles. The molecule has 1 heterocycles. The number of amides is 3. The lowest BCUT2D eigenvalue weighted by Gasteiger charge is -2.17. The summed E-state index contributed by atoms with van der Waals surface area (Å²) in [5, 5.41) is 7.87. The third-order valence-corrected chi connectivity index (χ3v) is 3.36. The Kier molecular flexibility index (Phi) is 6.24. The van der Waals surface area contributed by atoms with Gasteiger partial charge in [-0.25, -0.2) is 9.18 Å². The SMILES string of the molecule is CC[C@H](NC(=O)NCC(=O)Nc1ccc(F)cc1)c1ccncc1. The van der Waals surface area contributed by atoms with Crippen molar-refractivity contribution in [3.63, 3.8) is 0 Å². The van der Waals surface area contributed by atoms with E-state index in [0.29, 0.717) is 12.1 Å². The quantitative estimate of drug-likeness (QED) is 0.761. The summed E-state index contributed by atoms with van der Waals surface area (Å²) in [6.07, 6.45) is 4.03. The summed E-state index contributed by atoms with van der Waals surface area (Å²) in [4.78, 5) is 27.6. The van der Waals surface area contributed by atoms with Crippen LogP contribution in [0.3, 0.4) is 0 Å². The zero-order valence-corrected chi connectivity index (χ0v) is 13.3. The summed E-state index contributed by atoms with van der Waals surface area (Å²) in [7, 11) is 0. The Hall–Kier alpha value is -2.96. The van der Waals surface area contributed by atoms with Crippen molar-refractivity contribution in [1.29, 1.82) is 0 Å².